The Hall–Kier alpha value is -7.43. The molecule has 0 bridgehead atoms. The first kappa shape index (κ1) is 39.7. The summed E-state index contributed by atoms with van der Waals surface area (Å²) in [6, 6.07) is 69.4. The SMILES string of the molecule is CC(C)(C)c1ccc2c(c1)c1cc(C(C)(C)C)ccc1n2-c1ccc(-c2cc(-c3ccccc3)ccc2-c2ccccc2)cc1-c1nc(-c2ccccc2)nc(-c2ccccc2)n1. The number of hydrogen-bond donors (Lipinski definition) is 0. The highest BCUT2D eigenvalue weighted by atomic mass is 15.1. The van der Waals surface area contributed by atoms with Gasteiger partial charge in [0.1, 0.15) is 0 Å². The fourth-order valence-electron chi connectivity index (χ4n) is 8.69. The fourth-order valence-corrected chi connectivity index (χ4v) is 8.69. The molecule has 63 heavy (non-hydrogen) atoms. The number of hydrogen-bond acceptors (Lipinski definition) is 3. The molecule has 2 aromatic heterocycles. The smallest absolute Gasteiger partial charge is 0.166 e. The second-order valence-electron chi connectivity index (χ2n) is 18.6. The van der Waals surface area contributed by atoms with Crippen LogP contribution >= 0.6 is 0 Å². The predicted molar refractivity (Wildman–Crippen MR) is 264 cm³/mol. The zero-order valence-electron chi connectivity index (χ0n) is 36.8. The van der Waals surface area contributed by atoms with Gasteiger partial charge in [-0.25, -0.2) is 15.0 Å². The van der Waals surface area contributed by atoms with E-state index in [-0.39, 0.29) is 10.8 Å². The van der Waals surface area contributed by atoms with Crippen LogP contribution in [0.5, 0.6) is 0 Å². The van der Waals surface area contributed by atoms with Crippen molar-refractivity contribution in [2.75, 3.05) is 0 Å². The van der Waals surface area contributed by atoms with Crippen LogP contribution in [-0.4, -0.2) is 19.5 Å². The Balaban J connectivity index is 1.31. The maximum atomic E-state index is 5.37. The van der Waals surface area contributed by atoms with Crippen LogP contribution in [0, 0.1) is 0 Å². The van der Waals surface area contributed by atoms with Crippen molar-refractivity contribution >= 4 is 21.8 Å². The lowest BCUT2D eigenvalue weighted by Crippen LogP contribution is -2.10. The molecular formula is C59H50N4. The molecule has 0 saturated heterocycles. The van der Waals surface area contributed by atoms with Crippen molar-refractivity contribution in [2.24, 2.45) is 0 Å². The summed E-state index contributed by atoms with van der Waals surface area (Å²) in [5.74, 6) is 1.85. The number of rotatable bonds is 7. The number of nitrogens with zero attached hydrogens (tertiary/aromatic N) is 4. The zero-order chi connectivity index (χ0) is 43.3. The molecule has 0 aliphatic heterocycles. The molecule has 0 N–H and O–H groups in total. The molecule has 2 heterocycles. The van der Waals surface area contributed by atoms with Gasteiger partial charge < -0.3 is 4.57 Å². The second-order valence-corrected chi connectivity index (χ2v) is 18.6. The van der Waals surface area contributed by atoms with Gasteiger partial charge in [0.05, 0.1) is 16.7 Å². The van der Waals surface area contributed by atoms with E-state index in [4.69, 9.17) is 15.0 Å². The largest absolute Gasteiger partial charge is 0.309 e. The standard InChI is InChI=1S/C59H50N4/c1-58(2,3)45-29-33-52-49(37-45)50-38-46(59(4,5)6)30-34-53(50)63(52)54-32-28-44(48-35-43(39-19-11-7-12-20-39)27-31-47(48)40-21-13-8-14-22-40)36-51(54)57-61-55(41-23-15-9-16-24-41)60-56(62-57)42-25-17-10-18-26-42/h7-38H,1-6H3. The highest BCUT2D eigenvalue weighted by molar-refractivity contribution is 6.10. The summed E-state index contributed by atoms with van der Waals surface area (Å²) < 4.78 is 2.43. The molecule has 0 radical (unpaired) electrons. The van der Waals surface area contributed by atoms with Crippen molar-refractivity contribution < 1.29 is 0 Å². The van der Waals surface area contributed by atoms with Crippen molar-refractivity contribution in [3.05, 3.63) is 205 Å². The van der Waals surface area contributed by atoms with E-state index < -0.39 is 0 Å². The molecule has 0 amide bonds. The van der Waals surface area contributed by atoms with Crippen LogP contribution in [0.25, 0.3) is 95.0 Å². The highest BCUT2D eigenvalue weighted by Gasteiger charge is 2.24. The van der Waals surface area contributed by atoms with Gasteiger partial charge in [-0.1, -0.05) is 193 Å². The molecule has 0 fully saturated rings. The summed E-state index contributed by atoms with van der Waals surface area (Å²) in [5, 5.41) is 2.46. The zero-order valence-corrected chi connectivity index (χ0v) is 36.8. The first-order chi connectivity index (χ1) is 30.5. The molecule has 0 atom stereocenters. The Labute approximate surface area is 370 Å². The third kappa shape index (κ3) is 7.63. The fraction of sp³-hybridized carbons (Fsp3) is 0.136. The molecule has 0 saturated carbocycles. The number of benzene rings is 8. The molecule has 4 nitrogen and oxygen atoms in total. The van der Waals surface area contributed by atoms with E-state index in [0.717, 1.165) is 61.2 Å². The average molecular weight is 815 g/mol. The number of fused-ring (bicyclic) bond motifs is 3. The maximum absolute atomic E-state index is 5.37. The summed E-state index contributed by atoms with van der Waals surface area (Å²) in [7, 11) is 0. The Kier molecular flexibility index (Phi) is 9.95. The maximum Gasteiger partial charge on any atom is 0.166 e. The van der Waals surface area contributed by atoms with Crippen LogP contribution in [0.15, 0.2) is 194 Å². The molecule has 10 aromatic rings. The summed E-state index contributed by atoms with van der Waals surface area (Å²) in [6.45, 7) is 13.7. The van der Waals surface area contributed by atoms with E-state index in [1.165, 1.54) is 27.5 Å². The molecule has 0 unspecified atom stereocenters. The minimum absolute atomic E-state index is 0.0195. The summed E-state index contributed by atoms with van der Waals surface area (Å²) in [4.78, 5) is 15.8. The van der Waals surface area contributed by atoms with Crippen molar-refractivity contribution in [3.8, 4) is 73.2 Å². The van der Waals surface area contributed by atoms with E-state index in [0.29, 0.717) is 17.5 Å². The molecule has 0 aliphatic rings. The van der Waals surface area contributed by atoms with Crippen molar-refractivity contribution in [2.45, 2.75) is 52.4 Å². The minimum Gasteiger partial charge on any atom is -0.309 e. The highest BCUT2D eigenvalue weighted by Crippen LogP contribution is 2.43. The van der Waals surface area contributed by atoms with Gasteiger partial charge in [-0.2, -0.15) is 0 Å². The molecule has 10 rings (SSSR count). The quantitative estimate of drug-likeness (QED) is 0.161. The van der Waals surface area contributed by atoms with Gasteiger partial charge in [-0.3, -0.25) is 0 Å². The van der Waals surface area contributed by atoms with Gasteiger partial charge in [-0.05, 0) is 97.8 Å². The lowest BCUT2D eigenvalue weighted by atomic mass is 9.85. The first-order valence-electron chi connectivity index (χ1n) is 21.9. The lowest BCUT2D eigenvalue weighted by molar-refractivity contribution is 0.590. The lowest BCUT2D eigenvalue weighted by Gasteiger charge is -2.20. The second kappa shape index (κ2) is 15.8. The van der Waals surface area contributed by atoms with Crippen LogP contribution in [-0.2, 0) is 10.8 Å². The van der Waals surface area contributed by atoms with Gasteiger partial charge in [0.2, 0.25) is 0 Å². The molecule has 0 aliphatic carbocycles. The monoisotopic (exact) mass is 814 g/mol. The average Bonchev–Trinajstić information content (AvgIpc) is 3.64. The van der Waals surface area contributed by atoms with Gasteiger partial charge >= 0.3 is 0 Å². The summed E-state index contributed by atoms with van der Waals surface area (Å²) in [6.07, 6.45) is 0. The predicted octanol–water partition coefficient (Wildman–Crippen LogP) is 15.6. The van der Waals surface area contributed by atoms with Crippen molar-refractivity contribution in [1.29, 1.82) is 0 Å². The van der Waals surface area contributed by atoms with Gasteiger partial charge in [0.25, 0.3) is 0 Å². The first-order valence-corrected chi connectivity index (χ1v) is 21.9. The van der Waals surface area contributed by atoms with Crippen LogP contribution in [0.2, 0.25) is 0 Å². The Bertz CT molecular complexity index is 3130. The summed E-state index contributed by atoms with van der Waals surface area (Å²) >= 11 is 0. The van der Waals surface area contributed by atoms with E-state index in [1.54, 1.807) is 0 Å². The minimum atomic E-state index is -0.0195. The van der Waals surface area contributed by atoms with Gasteiger partial charge in [0.15, 0.2) is 17.5 Å². The molecular weight excluding hydrogens is 765 g/mol. The topological polar surface area (TPSA) is 43.6 Å². The van der Waals surface area contributed by atoms with Crippen LogP contribution in [0.3, 0.4) is 0 Å². The molecule has 8 aromatic carbocycles. The van der Waals surface area contributed by atoms with E-state index in [9.17, 15) is 0 Å². The third-order valence-electron chi connectivity index (χ3n) is 12.2. The van der Waals surface area contributed by atoms with E-state index in [2.05, 4.69) is 204 Å². The Morgan fingerprint density at radius 1 is 0.317 bits per heavy atom. The van der Waals surface area contributed by atoms with Gasteiger partial charge in [0, 0.05) is 27.5 Å². The van der Waals surface area contributed by atoms with E-state index in [1.807, 2.05) is 36.4 Å². The van der Waals surface area contributed by atoms with Crippen molar-refractivity contribution in [3.63, 3.8) is 0 Å². The molecule has 0 spiro atoms. The normalized spacial score (nSPS) is 12.0. The molecule has 306 valence electrons. The Morgan fingerprint density at radius 2 is 0.746 bits per heavy atom. The van der Waals surface area contributed by atoms with Gasteiger partial charge in [-0.15, -0.1) is 0 Å². The number of aromatic nitrogens is 4. The Morgan fingerprint density at radius 3 is 1.24 bits per heavy atom. The van der Waals surface area contributed by atoms with Crippen LogP contribution < -0.4 is 0 Å². The summed E-state index contributed by atoms with van der Waals surface area (Å²) in [5.41, 5.74) is 15.4. The van der Waals surface area contributed by atoms with Crippen LogP contribution in [0.1, 0.15) is 52.7 Å². The van der Waals surface area contributed by atoms with Crippen molar-refractivity contribution in [1.82, 2.24) is 19.5 Å². The third-order valence-corrected chi connectivity index (χ3v) is 12.2. The molecule has 4 heteroatoms. The van der Waals surface area contributed by atoms with E-state index >= 15 is 0 Å². The van der Waals surface area contributed by atoms with Crippen LogP contribution in [0.4, 0.5) is 0 Å².